The van der Waals surface area contributed by atoms with E-state index in [-0.39, 0.29) is 5.89 Å². The van der Waals surface area contributed by atoms with Gasteiger partial charge in [0.25, 0.3) is 0 Å². The fourth-order valence-corrected chi connectivity index (χ4v) is 3.09. The number of unbranched alkanes of at least 4 members (excludes halogenated alkanes) is 9. The van der Waals surface area contributed by atoms with Gasteiger partial charge in [0.05, 0.1) is 0 Å². The van der Waals surface area contributed by atoms with Gasteiger partial charge in [-0.3, -0.25) is 0 Å². The first-order valence-corrected chi connectivity index (χ1v) is 8.98. The van der Waals surface area contributed by atoms with Gasteiger partial charge in [0.1, 0.15) is 0 Å². The summed E-state index contributed by atoms with van der Waals surface area (Å²) in [7, 11) is 0. The van der Waals surface area contributed by atoms with Crippen LogP contribution in [0.4, 0.5) is 0 Å². The van der Waals surface area contributed by atoms with E-state index in [1.165, 1.54) is 51.4 Å². The van der Waals surface area contributed by atoms with Gasteiger partial charge in [0, 0.05) is 5.48 Å². The summed E-state index contributed by atoms with van der Waals surface area (Å²) in [5, 5.41) is 0. The van der Waals surface area contributed by atoms with Gasteiger partial charge < -0.3 is 0 Å². The average molecular weight is 283 g/mol. The Morgan fingerprint density at radius 2 is 1.60 bits per heavy atom. The molecule has 0 amide bonds. The van der Waals surface area contributed by atoms with Gasteiger partial charge in [-0.05, 0) is 31.1 Å². The molecule has 0 nitrogen and oxygen atoms in total. The fraction of sp³-hybridized carbons (Fsp3) is 0.900. The maximum atomic E-state index is 8.49. The zero-order valence-electron chi connectivity index (χ0n) is 17.5. The second-order valence-electron chi connectivity index (χ2n) is 6.46. The molecule has 20 heavy (non-hydrogen) atoms. The van der Waals surface area contributed by atoms with Crippen molar-refractivity contribution in [2.75, 3.05) is 0 Å². The Morgan fingerprint density at radius 1 is 0.950 bits per heavy atom. The summed E-state index contributed by atoms with van der Waals surface area (Å²) in [5.41, 5.74) is 0. The van der Waals surface area contributed by atoms with Crippen LogP contribution in [-0.2, 0) is 0 Å². The third kappa shape index (κ3) is 9.61. The first-order chi connectivity index (χ1) is 11.4. The topological polar surface area (TPSA) is 0 Å². The van der Waals surface area contributed by atoms with Crippen LogP contribution in [0.2, 0.25) is 0 Å². The van der Waals surface area contributed by atoms with Crippen molar-refractivity contribution in [3.8, 4) is 0 Å². The van der Waals surface area contributed by atoms with E-state index in [2.05, 4.69) is 6.58 Å². The Labute approximate surface area is 134 Å². The molecule has 0 unspecified atom stereocenters. The molecule has 0 N–H and O–H groups in total. The maximum Gasteiger partial charge on any atom is 0.0306 e. The van der Waals surface area contributed by atoms with Crippen LogP contribution in [0.15, 0.2) is 12.7 Å². The molecule has 1 fully saturated rings. The highest BCUT2D eigenvalue weighted by atomic mass is 14.4. The van der Waals surface area contributed by atoms with Crippen LogP contribution in [0.3, 0.4) is 0 Å². The van der Waals surface area contributed by atoms with Crippen LogP contribution >= 0.6 is 0 Å². The molecule has 1 aliphatic carbocycles. The van der Waals surface area contributed by atoms with Gasteiger partial charge in [0.15, 0.2) is 0 Å². The van der Waals surface area contributed by atoms with E-state index >= 15 is 0 Å². The van der Waals surface area contributed by atoms with E-state index in [4.69, 9.17) is 5.48 Å². The molecular weight excluding hydrogens is 240 g/mol. The lowest BCUT2D eigenvalue weighted by Gasteiger charge is -2.02. The van der Waals surface area contributed by atoms with Crippen molar-refractivity contribution in [1.29, 1.82) is 0 Å². The Balaban J connectivity index is 1.89. The summed E-state index contributed by atoms with van der Waals surface area (Å²) in [6, 6.07) is 0. The van der Waals surface area contributed by atoms with E-state index in [0.29, 0.717) is 12.3 Å². The van der Waals surface area contributed by atoms with Crippen molar-refractivity contribution < 1.29 is 5.48 Å². The van der Waals surface area contributed by atoms with Crippen LogP contribution in [0.1, 0.15) is 109 Å². The summed E-state index contributed by atoms with van der Waals surface area (Å²) in [5.74, 6) is 0.545. The predicted molar refractivity (Wildman–Crippen MR) is 92.1 cm³/mol. The molecule has 0 saturated heterocycles. The monoisotopic (exact) mass is 282 g/mol. The Hall–Kier alpha value is -0.260. The van der Waals surface area contributed by atoms with Crippen molar-refractivity contribution >= 4 is 0 Å². The van der Waals surface area contributed by atoms with Crippen molar-refractivity contribution in [2.24, 2.45) is 11.8 Å². The molecule has 0 aromatic carbocycles. The van der Waals surface area contributed by atoms with Gasteiger partial charge in [-0.25, -0.2) is 0 Å². The SMILES string of the molecule is [2H]C([2H])([2H])CCCCCCC[C@H]1C[C@@]1([2H])CCCCCCCC=C. The van der Waals surface area contributed by atoms with Crippen molar-refractivity contribution in [2.45, 2.75) is 103 Å². The van der Waals surface area contributed by atoms with Gasteiger partial charge in [-0.1, -0.05) is 90.0 Å². The molecule has 1 aliphatic rings. The Bertz CT molecular complexity index is 337. The lowest BCUT2D eigenvalue weighted by atomic mass is 10.0. The van der Waals surface area contributed by atoms with Gasteiger partial charge in [-0.15, -0.1) is 6.58 Å². The van der Waals surface area contributed by atoms with E-state index in [1.54, 1.807) is 0 Å². The number of rotatable bonds is 15. The smallest absolute Gasteiger partial charge is 0.0306 e. The highest BCUT2D eigenvalue weighted by Crippen LogP contribution is 2.45. The third-order valence-corrected chi connectivity index (χ3v) is 4.56. The van der Waals surface area contributed by atoms with Gasteiger partial charge >= 0.3 is 0 Å². The lowest BCUT2D eigenvalue weighted by molar-refractivity contribution is 0.516. The molecule has 0 heteroatoms. The second kappa shape index (κ2) is 12.5. The van der Waals surface area contributed by atoms with Crippen LogP contribution in [-0.4, -0.2) is 0 Å². The van der Waals surface area contributed by atoms with E-state index < -0.39 is 6.85 Å². The minimum atomic E-state index is -1.75. The molecule has 0 radical (unpaired) electrons. The quantitative estimate of drug-likeness (QED) is 0.218. The Kier molecular flexibility index (Phi) is 7.67. The molecule has 0 spiro atoms. The molecule has 0 aromatic heterocycles. The molecule has 118 valence electrons. The zero-order chi connectivity index (χ0) is 17.9. The molecule has 0 aliphatic heterocycles. The lowest BCUT2D eigenvalue weighted by Crippen LogP contribution is -1.87. The maximum absolute atomic E-state index is 8.49. The largest absolute Gasteiger partial charge is 0.103 e. The molecule has 0 heterocycles. The minimum absolute atomic E-state index is 0.0949. The predicted octanol–water partition coefficient (Wildman–Crippen LogP) is 7.29. The summed E-state index contributed by atoms with van der Waals surface area (Å²) in [6.45, 7) is 2.01. The van der Waals surface area contributed by atoms with Crippen molar-refractivity contribution in [3.63, 3.8) is 0 Å². The average Bonchev–Trinajstić information content (AvgIpc) is 3.15. The molecular formula is C20H38. The zero-order valence-corrected chi connectivity index (χ0v) is 13.5. The fourth-order valence-electron chi connectivity index (χ4n) is 3.09. The molecule has 1 rings (SSSR count). The third-order valence-electron chi connectivity index (χ3n) is 4.56. The highest BCUT2D eigenvalue weighted by molar-refractivity contribution is 4.85. The highest BCUT2D eigenvalue weighted by Gasteiger charge is 2.34. The van der Waals surface area contributed by atoms with Crippen LogP contribution in [0.25, 0.3) is 0 Å². The summed E-state index contributed by atoms with van der Waals surface area (Å²) < 4.78 is 30.0. The van der Waals surface area contributed by atoms with Crippen molar-refractivity contribution in [3.05, 3.63) is 12.7 Å². The normalized spacial score (nSPS) is 28.3. The summed E-state index contributed by atoms with van der Waals surface area (Å²) >= 11 is 0. The number of hydrogen-bond donors (Lipinski definition) is 0. The van der Waals surface area contributed by atoms with E-state index in [9.17, 15) is 0 Å². The van der Waals surface area contributed by atoms with E-state index in [0.717, 1.165) is 38.5 Å². The standard InChI is InChI=1S/C20H38/c1-3-5-7-9-11-13-15-17-20-18-19(20)16-14-12-10-8-6-4-2/h3,19-20H,1,4-18H2,2H3/t19-,20+/m0/s1/i2D3,20D. The van der Waals surface area contributed by atoms with Gasteiger partial charge in [0.2, 0.25) is 0 Å². The van der Waals surface area contributed by atoms with Gasteiger partial charge in [-0.2, -0.15) is 0 Å². The Morgan fingerprint density at radius 3 is 2.35 bits per heavy atom. The van der Waals surface area contributed by atoms with Crippen LogP contribution in [0.5, 0.6) is 0 Å². The minimum Gasteiger partial charge on any atom is -0.103 e. The summed E-state index contributed by atoms with van der Waals surface area (Å²) in [4.78, 5) is 0. The second-order valence-corrected chi connectivity index (χ2v) is 6.46. The van der Waals surface area contributed by atoms with Crippen LogP contribution < -0.4 is 0 Å². The first kappa shape index (κ1) is 12.3. The molecule has 1 saturated carbocycles. The number of hydrogen-bond acceptors (Lipinski definition) is 0. The number of allylic oxidation sites excluding steroid dienone is 1. The summed E-state index contributed by atoms with van der Waals surface area (Å²) in [6.07, 6.45) is 18.8. The molecule has 0 bridgehead atoms. The van der Waals surface area contributed by atoms with Crippen molar-refractivity contribution in [1.82, 2.24) is 0 Å². The molecule has 2 atom stereocenters. The molecule has 0 aromatic rings. The first-order valence-electron chi connectivity index (χ1n) is 11.0. The van der Waals surface area contributed by atoms with E-state index in [1.807, 2.05) is 6.08 Å². The van der Waals surface area contributed by atoms with Crippen LogP contribution in [0, 0.1) is 11.8 Å².